The second-order valence-corrected chi connectivity index (χ2v) is 9.60. The van der Waals surface area contributed by atoms with E-state index in [4.69, 9.17) is 21.1 Å². The number of nitrogens with one attached hydrogen (secondary N) is 1. The van der Waals surface area contributed by atoms with Crippen LogP contribution in [0.5, 0.6) is 11.5 Å². The first kappa shape index (κ1) is 22.4. The average molecular weight is 453 g/mol. The first-order valence-corrected chi connectivity index (χ1v) is 11.4. The van der Waals surface area contributed by atoms with E-state index in [9.17, 15) is 13.2 Å². The molecule has 1 N–H and O–H groups in total. The number of hydrogen-bond acceptors (Lipinski definition) is 5. The Kier molecular flexibility index (Phi) is 6.90. The van der Waals surface area contributed by atoms with Crippen molar-refractivity contribution in [3.05, 3.63) is 47.0 Å². The van der Waals surface area contributed by atoms with Crippen LogP contribution in [0, 0.1) is 5.92 Å². The molecular formula is C21H25ClN2O5S. The topological polar surface area (TPSA) is 84.9 Å². The molecule has 1 fully saturated rings. The Balaban J connectivity index is 1.89. The van der Waals surface area contributed by atoms with E-state index < -0.39 is 15.9 Å². The van der Waals surface area contributed by atoms with Crippen LogP contribution < -0.4 is 14.8 Å². The van der Waals surface area contributed by atoms with Crippen molar-refractivity contribution in [2.75, 3.05) is 32.6 Å². The van der Waals surface area contributed by atoms with Gasteiger partial charge < -0.3 is 14.8 Å². The minimum absolute atomic E-state index is 0.0655. The Morgan fingerprint density at radius 1 is 1.07 bits per heavy atom. The molecule has 162 valence electrons. The monoisotopic (exact) mass is 452 g/mol. The maximum atomic E-state index is 13.1. The molecule has 1 aliphatic rings. The zero-order valence-electron chi connectivity index (χ0n) is 17.1. The third kappa shape index (κ3) is 4.71. The molecule has 0 bridgehead atoms. The molecule has 0 atom stereocenters. The summed E-state index contributed by atoms with van der Waals surface area (Å²) in [6, 6.07) is 9.15. The number of hydrogen-bond donors (Lipinski definition) is 1. The summed E-state index contributed by atoms with van der Waals surface area (Å²) in [6.45, 7) is 3.06. The van der Waals surface area contributed by atoms with Gasteiger partial charge in [0.25, 0.3) is 5.91 Å². The molecule has 1 saturated heterocycles. The number of rotatable bonds is 6. The summed E-state index contributed by atoms with van der Waals surface area (Å²) < 4.78 is 38.0. The molecular weight excluding hydrogens is 428 g/mol. The first-order valence-electron chi connectivity index (χ1n) is 9.59. The second-order valence-electron chi connectivity index (χ2n) is 7.25. The van der Waals surface area contributed by atoms with Gasteiger partial charge in [-0.25, -0.2) is 8.42 Å². The summed E-state index contributed by atoms with van der Waals surface area (Å²) in [7, 11) is -0.768. The molecule has 0 spiro atoms. The molecule has 3 rings (SSSR count). The predicted molar refractivity (Wildman–Crippen MR) is 116 cm³/mol. The van der Waals surface area contributed by atoms with Gasteiger partial charge in [-0.2, -0.15) is 4.31 Å². The van der Waals surface area contributed by atoms with Gasteiger partial charge in [-0.15, -0.1) is 0 Å². The number of anilines is 1. The van der Waals surface area contributed by atoms with E-state index in [1.54, 1.807) is 18.2 Å². The first-order chi connectivity index (χ1) is 14.3. The minimum Gasteiger partial charge on any atom is -0.496 e. The van der Waals surface area contributed by atoms with Crippen molar-refractivity contribution in [2.45, 2.75) is 24.7 Å². The quantitative estimate of drug-likeness (QED) is 0.715. The van der Waals surface area contributed by atoms with Gasteiger partial charge >= 0.3 is 0 Å². The van der Waals surface area contributed by atoms with Crippen LogP contribution in [0.25, 0.3) is 0 Å². The summed E-state index contributed by atoms with van der Waals surface area (Å²) in [6.07, 6.45) is 1.64. The second kappa shape index (κ2) is 9.24. The van der Waals surface area contributed by atoms with E-state index >= 15 is 0 Å². The fraction of sp³-hybridized carbons (Fsp3) is 0.381. The molecule has 9 heteroatoms. The summed E-state index contributed by atoms with van der Waals surface area (Å²) in [5, 5.41) is 3.07. The van der Waals surface area contributed by atoms with Crippen LogP contribution in [-0.4, -0.2) is 45.9 Å². The number of piperidine rings is 1. The third-order valence-electron chi connectivity index (χ3n) is 5.21. The van der Waals surface area contributed by atoms with Crippen molar-refractivity contribution in [3.8, 4) is 11.5 Å². The van der Waals surface area contributed by atoms with Crippen molar-refractivity contribution >= 4 is 33.2 Å². The number of ether oxygens (including phenoxy) is 2. The van der Waals surface area contributed by atoms with E-state index in [1.807, 2.05) is 0 Å². The van der Waals surface area contributed by atoms with Gasteiger partial charge in [-0.1, -0.05) is 18.5 Å². The lowest BCUT2D eigenvalue weighted by atomic mass is 10.0. The van der Waals surface area contributed by atoms with Gasteiger partial charge in [-0.3, -0.25) is 4.79 Å². The smallest absolute Gasteiger partial charge is 0.259 e. The van der Waals surface area contributed by atoms with Crippen LogP contribution in [0.15, 0.2) is 41.3 Å². The Morgan fingerprint density at radius 2 is 1.70 bits per heavy atom. The van der Waals surface area contributed by atoms with Gasteiger partial charge in [0.2, 0.25) is 10.0 Å². The average Bonchev–Trinajstić information content (AvgIpc) is 2.73. The summed E-state index contributed by atoms with van der Waals surface area (Å²) in [4.78, 5) is 12.9. The Morgan fingerprint density at radius 3 is 2.30 bits per heavy atom. The van der Waals surface area contributed by atoms with Crippen molar-refractivity contribution in [3.63, 3.8) is 0 Å². The molecule has 0 unspecified atom stereocenters. The Bertz CT molecular complexity index is 1030. The maximum Gasteiger partial charge on any atom is 0.259 e. The lowest BCUT2D eigenvalue weighted by Gasteiger charge is -2.29. The molecule has 1 heterocycles. The molecule has 0 aliphatic carbocycles. The number of sulfonamides is 1. The summed E-state index contributed by atoms with van der Waals surface area (Å²) in [5.41, 5.74) is 0.571. The number of methoxy groups -OCH3 is 2. The lowest BCUT2D eigenvalue weighted by Crippen LogP contribution is -2.37. The zero-order chi connectivity index (χ0) is 21.9. The molecule has 0 aromatic heterocycles. The molecule has 0 radical (unpaired) electrons. The molecule has 0 saturated carbocycles. The molecule has 7 nitrogen and oxygen atoms in total. The van der Waals surface area contributed by atoms with Gasteiger partial charge in [0.05, 0.1) is 29.7 Å². The fourth-order valence-corrected chi connectivity index (χ4v) is 5.10. The fourth-order valence-electron chi connectivity index (χ4n) is 3.34. The van der Waals surface area contributed by atoms with E-state index in [1.165, 1.54) is 36.7 Å². The maximum absolute atomic E-state index is 13.1. The van der Waals surface area contributed by atoms with Gasteiger partial charge in [0.15, 0.2) is 0 Å². The molecule has 1 amide bonds. The largest absolute Gasteiger partial charge is 0.496 e. The highest BCUT2D eigenvalue weighted by Crippen LogP contribution is 2.30. The number of carbonyl (C=O) groups excluding carboxylic acids is 1. The number of nitrogens with zero attached hydrogens (tertiary/aromatic N) is 1. The SMILES string of the molecule is COc1ccc(NC(=O)c2cc(S(=O)(=O)N3CCC(C)CC3)ccc2OC)cc1Cl. The van der Waals surface area contributed by atoms with E-state index in [0.717, 1.165) is 12.8 Å². The Labute approximate surface area is 182 Å². The highest BCUT2D eigenvalue weighted by Gasteiger charge is 2.29. The number of halogens is 1. The van der Waals surface area contributed by atoms with Crippen LogP contribution in [-0.2, 0) is 10.0 Å². The minimum atomic E-state index is -3.69. The van der Waals surface area contributed by atoms with Crippen LogP contribution in [0.1, 0.15) is 30.1 Å². The summed E-state index contributed by atoms with van der Waals surface area (Å²) in [5.74, 6) is 0.761. The molecule has 1 aliphatic heterocycles. The number of benzene rings is 2. The van der Waals surface area contributed by atoms with Crippen molar-refractivity contribution < 1.29 is 22.7 Å². The van der Waals surface area contributed by atoms with Crippen LogP contribution in [0.3, 0.4) is 0 Å². The van der Waals surface area contributed by atoms with Crippen molar-refractivity contribution in [2.24, 2.45) is 5.92 Å². The highest BCUT2D eigenvalue weighted by atomic mass is 35.5. The van der Waals surface area contributed by atoms with Gasteiger partial charge in [0, 0.05) is 18.8 Å². The van der Waals surface area contributed by atoms with E-state index in [0.29, 0.717) is 35.5 Å². The predicted octanol–water partition coefficient (Wildman–Crippen LogP) is 4.03. The Hall–Kier alpha value is -2.29. The van der Waals surface area contributed by atoms with Crippen LogP contribution >= 0.6 is 11.6 Å². The molecule has 2 aromatic rings. The van der Waals surface area contributed by atoms with Crippen LogP contribution in [0.2, 0.25) is 5.02 Å². The number of amides is 1. The number of carbonyl (C=O) groups is 1. The van der Waals surface area contributed by atoms with E-state index in [-0.39, 0.29) is 16.2 Å². The molecule has 30 heavy (non-hydrogen) atoms. The van der Waals surface area contributed by atoms with E-state index in [2.05, 4.69) is 12.2 Å². The van der Waals surface area contributed by atoms with Crippen LogP contribution in [0.4, 0.5) is 5.69 Å². The third-order valence-corrected chi connectivity index (χ3v) is 7.40. The van der Waals surface area contributed by atoms with Gasteiger partial charge in [0.1, 0.15) is 11.5 Å². The summed E-state index contributed by atoms with van der Waals surface area (Å²) >= 11 is 6.11. The van der Waals surface area contributed by atoms with Crippen molar-refractivity contribution in [1.29, 1.82) is 0 Å². The zero-order valence-corrected chi connectivity index (χ0v) is 18.7. The normalized spacial score (nSPS) is 15.6. The van der Waals surface area contributed by atoms with Crippen molar-refractivity contribution in [1.82, 2.24) is 4.31 Å². The lowest BCUT2D eigenvalue weighted by molar-refractivity contribution is 0.102. The van der Waals surface area contributed by atoms with Gasteiger partial charge in [-0.05, 0) is 55.2 Å². The standard InChI is InChI=1S/C21H25ClN2O5S/c1-14-8-10-24(11-9-14)30(26,27)16-5-7-19(28-2)17(13-16)21(25)23-15-4-6-20(29-3)18(22)12-15/h4-7,12-14H,8-11H2,1-3H3,(H,23,25). The highest BCUT2D eigenvalue weighted by molar-refractivity contribution is 7.89. The molecule has 2 aromatic carbocycles.